The second-order valence-electron chi connectivity index (χ2n) is 8.68. The lowest BCUT2D eigenvalue weighted by Gasteiger charge is -2.34. The van der Waals surface area contributed by atoms with Crippen LogP contribution < -0.4 is 10.1 Å². The number of nitrogens with one attached hydrogen (secondary N) is 1. The van der Waals surface area contributed by atoms with E-state index in [2.05, 4.69) is 20.2 Å². The molecular formula is C26H32FN5O2. The van der Waals surface area contributed by atoms with Gasteiger partial charge in [0.15, 0.2) is 11.6 Å². The van der Waals surface area contributed by atoms with Crippen LogP contribution in [0.2, 0.25) is 0 Å². The van der Waals surface area contributed by atoms with E-state index >= 15 is 0 Å². The van der Waals surface area contributed by atoms with Crippen molar-refractivity contribution in [2.45, 2.75) is 26.8 Å². The second-order valence-corrected chi connectivity index (χ2v) is 8.68. The fourth-order valence-electron chi connectivity index (χ4n) is 4.34. The molecule has 1 N–H and O–H groups in total. The molecular weight excluding hydrogens is 433 g/mol. The molecule has 180 valence electrons. The fourth-order valence-corrected chi connectivity index (χ4v) is 4.34. The summed E-state index contributed by atoms with van der Waals surface area (Å²) in [5.74, 6) is -0.0657. The molecule has 2 aromatic carbocycles. The Kier molecular flexibility index (Phi) is 7.59. The highest BCUT2D eigenvalue weighted by Gasteiger charge is 2.19. The number of methoxy groups -OCH3 is 1. The van der Waals surface area contributed by atoms with Crippen molar-refractivity contribution in [2.24, 2.45) is 0 Å². The maximum Gasteiger partial charge on any atom is 0.225 e. The average Bonchev–Trinajstić information content (AvgIpc) is 3.12. The number of ether oxygens (including phenoxy) is 1. The highest BCUT2D eigenvalue weighted by atomic mass is 19.1. The van der Waals surface area contributed by atoms with Gasteiger partial charge < -0.3 is 15.0 Å². The quantitative estimate of drug-likeness (QED) is 0.549. The van der Waals surface area contributed by atoms with Crippen molar-refractivity contribution in [1.29, 1.82) is 0 Å². The normalized spacial score (nSPS) is 14.8. The van der Waals surface area contributed by atoms with Crippen molar-refractivity contribution < 1.29 is 13.9 Å². The lowest BCUT2D eigenvalue weighted by atomic mass is 10.1. The lowest BCUT2D eigenvalue weighted by Crippen LogP contribution is -2.46. The van der Waals surface area contributed by atoms with Gasteiger partial charge in [-0.2, -0.15) is 5.10 Å². The van der Waals surface area contributed by atoms with E-state index in [9.17, 15) is 9.18 Å². The van der Waals surface area contributed by atoms with Gasteiger partial charge in [0.05, 0.1) is 29.9 Å². The van der Waals surface area contributed by atoms with Crippen LogP contribution in [0, 0.1) is 19.7 Å². The number of piperazine rings is 1. The van der Waals surface area contributed by atoms with E-state index < -0.39 is 0 Å². The molecule has 0 radical (unpaired) electrons. The van der Waals surface area contributed by atoms with E-state index in [1.807, 2.05) is 54.9 Å². The number of amides is 1. The molecule has 8 heteroatoms. The number of aromatic nitrogens is 2. The van der Waals surface area contributed by atoms with Crippen LogP contribution in [-0.2, 0) is 11.3 Å². The Hall–Kier alpha value is -3.23. The van der Waals surface area contributed by atoms with Crippen molar-refractivity contribution in [3.63, 3.8) is 0 Å². The third-order valence-electron chi connectivity index (χ3n) is 6.30. The Labute approximate surface area is 200 Å². The van der Waals surface area contributed by atoms with Gasteiger partial charge in [0.1, 0.15) is 0 Å². The molecule has 0 spiro atoms. The van der Waals surface area contributed by atoms with Crippen molar-refractivity contribution >= 4 is 11.6 Å². The van der Waals surface area contributed by atoms with Crippen LogP contribution in [0.4, 0.5) is 10.1 Å². The van der Waals surface area contributed by atoms with E-state index in [-0.39, 0.29) is 17.5 Å². The Bertz CT molecular complexity index is 1120. The topological polar surface area (TPSA) is 62.6 Å². The molecule has 1 aliphatic heterocycles. The van der Waals surface area contributed by atoms with E-state index in [0.29, 0.717) is 19.5 Å². The van der Waals surface area contributed by atoms with Crippen LogP contribution >= 0.6 is 0 Å². The number of benzene rings is 2. The summed E-state index contributed by atoms with van der Waals surface area (Å²) in [6, 6.07) is 15.0. The van der Waals surface area contributed by atoms with Crippen molar-refractivity contribution in [1.82, 2.24) is 19.6 Å². The van der Waals surface area contributed by atoms with Crippen LogP contribution in [-0.4, -0.2) is 65.3 Å². The summed E-state index contributed by atoms with van der Waals surface area (Å²) >= 11 is 0. The Morgan fingerprint density at radius 1 is 1.06 bits per heavy atom. The summed E-state index contributed by atoms with van der Waals surface area (Å²) in [6.07, 6.45) is 0.430. The summed E-state index contributed by atoms with van der Waals surface area (Å²) in [5, 5.41) is 7.66. The highest BCUT2D eigenvalue weighted by molar-refractivity contribution is 5.92. The molecule has 0 aliphatic carbocycles. The van der Waals surface area contributed by atoms with Gasteiger partial charge in [-0.25, -0.2) is 9.07 Å². The van der Waals surface area contributed by atoms with Gasteiger partial charge in [-0.15, -0.1) is 0 Å². The van der Waals surface area contributed by atoms with Gasteiger partial charge in [0.2, 0.25) is 5.91 Å². The zero-order valence-corrected chi connectivity index (χ0v) is 20.1. The zero-order chi connectivity index (χ0) is 24.1. The summed E-state index contributed by atoms with van der Waals surface area (Å²) in [5.41, 5.74) is 4.41. The smallest absolute Gasteiger partial charge is 0.225 e. The van der Waals surface area contributed by atoms with Gasteiger partial charge in [-0.05, 0) is 43.7 Å². The number of para-hydroxylation sites is 1. The number of carbonyl (C=O) groups is 1. The van der Waals surface area contributed by atoms with Crippen LogP contribution in [0.15, 0.2) is 48.5 Å². The van der Waals surface area contributed by atoms with Crippen molar-refractivity contribution in [2.75, 3.05) is 45.2 Å². The molecule has 0 bridgehead atoms. The van der Waals surface area contributed by atoms with Crippen molar-refractivity contribution in [3.8, 4) is 11.4 Å². The first-order valence-electron chi connectivity index (χ1n) is 11.6. The number of nitrogens with zero attached hydrogens (tertiary/aromatic N) is 4. The summed E-state index contributed by atoms with van der Waals surface area (Å²) < 4.78 is 20.8. The molecule has 0 saturated carbocycles. The number of halogens is 1. The first-order valence-corrected chi connectivity index (χ1v) is 11.6. The first-order chi connectivity index (χ1) is 16.4. The van der Waals surface area contributed by atoms with Crippen LogP contribution in [0.1, 0.15) is 23.4 Å². The molecule has 0 unspecified atom stereocenters. The minimum Gasteiger partial charge on any atom is -0.494 e. The predicted molar refractivity (Wildman–Crippen MR) is 131 cm³/mol. The number of carbonyl (C=O) groups excluding carboxylic acids is 1. The monoisotopic (exact) mass is 465 g/mol. The molecule has 34 heavy (non-hydrogen) atoms. The SMILES string of the molecule is COc1ccc(CN2CCN(CCC(=O)Nc3c(C)nn(-c4ccccc4)c3C)CC2)cc1F. The fraction of sp³-hybridized carbons (Fsp3) is 0.385. The minimum absolute atomic E-state index is 0.00468. The molecule has 7 nitrogen and oxygen atoms in total. The summed E-state index contributed by atoms with van der Waals surface area (Å²) in [4.78, 5) is 17.3. The zero-order valence-electron chi connectivity index (χ0n) is 20.1. The minimum atomic E-state index is -0.329. The molecule has 4 rings (SSSR count). The molecule has 1 fully saturated rings. The molecule has 1 aliphatic rings. The molecule has 2 heterocycles. The van der Waals surface area contributed by atoms with Gasteiger partial charge in [0, 0.05) is 45.7 Å². The molecule has 1 aromatic heterocycles. The molecule has 1 amide bonds. The largest absolute Gasteiger partial charge is 0.494 e. The van der Waals surface area contributed by atoms with E-state index in [1.54, 1.807) is 12.1 Å². The number of anilines is 1. The van der Waals surface area contributed by atoms with E-state index in [1.165, 1.54) is 7.11 Å². The Morgan fingerprint density at radius 3 is 2.44 bits per heavy atom. The first kappa shape index (κ1) is 23.9. The lowest BCUT2D eigenvalue weighted by molar-refractivity contribution is -0.116. The van der Waals surface area contributed by atoms with Crippen LogP contribution in [0.25, 0.3) is 5.69 Å². The van der Waals surface area contributed by atoms with Gasteiger partial charge >= 0.3 is 0 Å². The molecule has 1 saturated heterocycles. The van der Waals surface area contributed by atoms with Gasteiger partial charge in [0.25, 0.3) is 0 Å². The number of aryl methyl sites for hydroxylation is 1. The summed E-state index contributed by atoms with van der Waals surface area (Å²) in [6.45, 7) is 8.84. The predicted octanol–water partition coefficient (Wildman–Crippen LogP) is 3.78. The maximum absolute atomic E-state index is 13.9. The second kappa shape index (κ2) is 10.8. The van der Waals surface area contributed by atoms with E-state index in [4.69, 9.17) is 4.74 Å². The van der Waals surface area contributed by atoms with Gasteiger partial charge in [-0.3, -0.25) is 9.69 Å². The standard InChI is InChI=1S/C26H32FN5O2/c1-19-26(20(2)32(29-19)22-7-5-4-6-8-22)28-25(33)11-12-30-13-15-31(16-14-30)18-21-9-10-24(34-3)23(27)17-21/h4-10,17H,11-16,18H2,1-3H3,(H,28,33). The third-order valence-corrected chi connectivity index (χ3v) is 6.30. The molecule has 3 aromatic rings. The van der Waals surface area contributed by atoms with Gasteiger partial charge in [-0.1, -0.05) is 24.3 Å². The maximum atomic E-state index is 13.9. The number of rotatable bonds is 8. The molecule has 0 atom stereocenters. The average molecular weight is 466 g/mol. The number of hydrogen-bond acceptors (Lipinski definition) is 5. The Balaban J connectivity index is 1.24. The highest BCUT2D eigenvalue weighted by Crippen LogP contribution is 2.23. The van der Waals surface area contributed by atoms with Crippen LogP contribution in [0.3, 0.4) is 0 Å². The Morgan fingerprint density at radius 2 is 1.76 bits per heavy atom. The summed E-state index contributed by atoms with van der Waals surface area (Å²) in [7, 11) is 1.47. The number of hydrogen-bond donors (Lipinski definition) is 1. The van der Waals surface area contributed by atoms with E-state index in [0.717, 1.165) is 54.5 Å². The third kappa shape index (κ3) is 5.63. The van der Waals surface area contributed by atoms with Crippen molar-refractivity contribution in [3.05, 3.63) is 71.3 Å². The van der Waals surface area contributed by atoms with Crippen LogP contribution in [0.5, 0.6) is 5.75 Å².